The zero-order chi connectivity index (χ0) is 22.2. The van der Waals surface area contributed by atoms with Gasteiger partial charge in [0, 0.05) is 17.4 Å². The van der Waals surface area contributed by atoms with Gasteiger partial charge in [-0.3, -0.25) is 9.72 Å². The molecule has 0 saturated heterocycles. The second kappa shape index (κ2) is 7.79. The molecule has 0 aliphatic carbocycles. The number of aromatic nitrogens is 2. The number of alkyl halides is 3. The Bertz CT molecular complexity index is 1280. The highest BCUT2D eigenvalue weighted by Gasteiger charge is 2.30. The van der Waals surface area contributed by atoms with Gasteiger partial charge in [-0.25, -0.2) is 9.78 Å². The van der Waals surface area contributed by atoms with Crippen LogP contribution in [0.5, 0.6) is 0 Å². The summed E-state index contributed by atoms with van der Waals surface area (Å²) in [5.74, 6) is 0.428. The topological polar surface area (TPSA) is 58.4 Å². The van der Waals surface area contributed by atoms with Gasteiger partial charge in [-0.2, -0.15) is 13.2 Å². The number of benzene rings is 2. The van der Waals surface area contributed by atoms with Crippen LogP contribution in [0.15, 0.2) is 66.9 Å². The third-order valence-corrected chi connectivity index (χ3v) is 4.85. The molecule has 0 aliphatic heterocycles. The minimum absolute atomic E-state index is 0.0368. The fourth-order valence-corrected chi connectivity index (χ4v) is 3.34. The van der Waals surface area contributed by atoms with Gasteiger partial charge in [0.1, 0.15) is 17.2 Å². The van der Waals surface area contributed by atoms with Gasteiger partial charge in [0.05, 0.1) is 5.56 Å². The SMILES string of the molecule is Cc1ccc2nc(-c3ccccc3C)c(NC(=O)Nc3cccc(C(F)(F)F)c3)n2c1. The number of carbonyl (C=O) groups is 1. The molecule has 2 N–H and O–H groups in total. The van der Waals surface area contributed by atoms with Gasteiger partial charge in [-0.15, -0.1) is 0 Å². The number of hydrogen-bond donors (Lipinski definition) is 2. The molecule has 158 valence electrons. The van der Waals surface area contributed by atoms with Crippen molar-refractivity contribution in [1.29, 1.82) is 0 Å². The number of rotatable bonds is 3. The number of imidazole rings is 1. The standard InChI is InChI=1S/C23H19F3N4O/c1-14-10-11-19-28-20(18-9-4-3-6-15(18)2)21(30(19)13-14)29-22(31)27-17-8-5-7-16(12-17)23(24,25)26/h3-13H,1-2H3,(H2,27,29,31). The van der Waals surface area contributed by atoms with E-state index in [4.69, 9.17) is 0 Å². The number of nitrogens with one attached hydrogen (secondary N) is 2. The Morgan fingerprint density at radius 3 is 2.48 bits per heavy atom. The normalized spacial score (nSPS) is 11.5. The predicted octanol–water partition coefficient (Wildman–Crippen LogP) is 6.28. The Balaban J connectivity index is 1.71. The van der Waals surface area contributed by atoms with Crippen LogP contribution in [0.1, 0.15) is 16.7 Å². The van der Waals surface area contributed by atoms with E-state index >= 15 is 0 Å². The first-order chi connectivity index (χ1) is 14.7. The molecule has 4 rings (SSSR count). The molecule has 0 bridgehead atoms. The quantitative estimate of drug-likeness (QED) is 0.407. The summed E-state index contributed by atoms with van der Waals surface area (Å²) in [5.41, 5.74) is 3.19. The minimum Gasteiger partial charge on any atom is -0.308 e. The van der Waals surface area contributed by atoms with Gasteiger partial charge >= 0.3 is 12.2 Å². The number of fused-ring (bicyclic) bond motifs is 1. The van der Waals surface area contributed by atoms with Gasteiger partial charge < -0.3 is 5.32 Å². The van der Waals surface area contributed by atoms with Crippen molar-refractivity contribution in [3.8, 4) is 11.3 Å². The van der Waals surface area contributed by atoms with Gasteiger partial charge in [-0.1, -0.05) is 36.4 Å². The van der Waals surface area contributed by atoms with E-state index in [0.717, 1.165) is 28.8 Å². The van der Waals surface area contributed by atoms with Crippen molar-refractivity contribution in [1.82, 2.24) is 9.38 Å². The average molecular weight is 424 g/mol. The van der Waals surface area contributed by atoms with Crippen LogP contribution in [0.2, 0.25) is 0 Å². The molecule has 0 radical (unpaired) electrons. The zero-order valence-electron chi connectivity index (χ0n) is 16.8. The number of halogens is 3. The van der Waals surface area contributed by atoms with E-state index in [1.165, 1.54) is 12.1 Å². The van der Waals surface area contributed by atoms with E-state index in [0.29, 0.717) is 17.2 Å². The zero-order valence-corrected chi connectivity index (χ0v) is 16.8. The summed E-state index contributed by atoms with van der Waals surface area (Å²) in [5, 5.41) is 5.24. The lowest BCUT2D eigenvalue weighted by molar-refractivity contribution is -0.137. The Kier molecular flexibility index (Phi) is 5.14. The first kappa shape index (κ1) is 20.5. The fourth-order valence-electron chi connectivity index (χ4n) is 3.34. The summed E-state index contributed by atoms with van der Waals surface area (Å²) < 4.78 is 40.6. The molecule has 2 amide bonds. The average Bonchev–Trinajstić information content (AvgIpc) is 3.05. The van der Waals surface area contributed by atoms with Crippen LogP contribution in [0.3, 0.4) is 0 Å². The number of hydrogen-bond acceptors (Lipinski definition) is 2. The molecule has 8 heteroatoms. The van der Waals surface area contributed by atoms with Crippen LogP contribution in [-0.4, -0.2) is 15.4 Å². The van der Waals surface area contributed by atoms with Crippen molar-refractivity contribution in [2.75, 3.05) is 10.6 Å². The molecular formula is C23H19F3N4O. The lowest BCUT2D eigenvalue weighted by atomic mass is 10.1. The van der Waals surface area contributed by atoms with E-state index < -0.39 is 17.8 Å². The van der Waals surface area contributed by atoms with Crippen LogP contribution in [-0.2, 0) is 6.18 Å². The maximum Gasteiger partial charge on any atom is 0.416 e. The van der Waals surface area contributed by atoms with E-state index in [9.17, 15) is 18.0 Å². The summed E-state index contributed by atoms with van der Waals surface area (Å²) in [6.07, 6.45) is -2.66. The van der Waals surface area contributed by atoms with Gasteiger partial charge in [0.15, 0.2) is 0 Å². The first-order valence-corrected chi connectivity index (χ1v) is 9.52. The number of carbonyl (C=O) groups excluding carboxylic acids is 1. The summed E-state index contributed by atoms with van der Waals surface area (Å²) >= 11 is 0. The minimum atomic E-state index is -4.49. The van der Waals surface area contributed by atoms with Crippen molar-refractivity contribution < 1.29 is 18.0 Å². The van der Waals surface area contributed by atoms with Crippen molar-refractivity contribution in [3.63, 3.8) is 0 Å². The monoisotopic (exact) mass is 424 g/mol. The Morgan fingerprint density at radius 2 is 1.74 bits per heavy atom. The second-order valence-electron chi connectivity index (χ2n) is 7.22. The smallest absolute Gasteiger partial charge is 0.308 e. The Hall–Kier alpha value is -3.81. The molecule has 0 spiro atoms. The molecule has 2 aromatic carbocycles. The number of amides is 2. The van der Waals surface area contributed by atoms with E-state index in [2.05, 4.69) is 15.6 Å². The number of aryl methyl sites for hydroxylation is 2. The van der Waals surface area contributed by atoms with Crippen LogP contribution < -0.4 is 10.6 Å². The number of pyridine rings is 1. The molecule has 4 aromatic rings. The number of anilines is 2. The fraction of sp³-hybridized carbons (Fsp3) is 0.130. The molecule has 31 heavy (non-hydrogen) atoms. The Morgan fingerprint density at radius 1 is 0.968 bits per heavy atom. The van der Waals surface area contributed by atoms with Crippen molar-refractivity contribution >= 4 is 23.2 Å². The van der Waals surface area contributed by atoms with Crippen LogP contribution in [0.4, 0.5) is 29.5 Å². The lowest BCUT2D eigenvalue weighted by Gasteiger charge is -2.12. The van der Waals surface area contributed by atoms with Gasteiger partial charge in [0.2, 0.25) is 0 Å². The summed E-state index contributed by atoms with van der Waals surface area (Å²) in [4.78, 5) is 17.4. The summed E-state index contributed by atoms with van der Waals surface area (Å²) in [7, 11) is 0. The number of nitrogens with zero attached hydrogens (tertiary/aromatic N) is 2. The highest BCUT2D eigenvalue weighted by Crippen LogP contribution is 2.32. The molecule has 0 atom stereocenters. The van der Waals surface area contributed by atoms with Gasteiger partial charge in [-0.05, 0) is 49.2 Å². The molecule has 0 unspecified atom stereocenters. The predicted molar refractivity (Wildman–Crippen MR) is 114 cm³/mol. The highest BCUT2D eigenvalue weighted by molar-refractivity contribution is 6.02. The third-order valence-electron chi connectivity index (χ3n) is 4.85. The van der Waals surface area contributed by atoms with Crippen molar-refractivity contribution in [3.05, 3.63) is 83.6 Å². The summed E-state index contributed by atoms with van der Waals surface area (Å²) in [6, 6.07) is 15.2. The molecule has 5 nitrogen and oxygen atoms in total. The van der Waals surface area contributed by atoms with Crippen LogP contribution in [0, 0.1) is 13.8 Å². The molecule has 2 heterocycles. The number of urea groups is 1. The maximum atomic E-state index is 13.0. The maximum absolute atomic E-state index is 13.0. The summed E-state index contributed by atoms with van der Waals surface area (Å²) in [6.45, 7) is 3.86. The van der Waals surface area contributed by atoms with Crippen molar-refractivity contribution in [2.45, 2.75) is 20.0 Å². The van der Waals surface area contributed by atoms with Crippen LogP contribution >= 0.6 is 0 Å². The molecular weight excluding hydrogens is 405 g/mol. The largest absolute Gasteiger partial charge is 0.416 e. The Labute approximate surface area is 176 Å². The van der Waals surface area contributed by atoms with Crippen molar-refractivity contribution in [2.24, 2.45) is 0 Å². The van der Waals surface area contributed by atoms with Crippen LogP contribution in [0.25, 0.3) is 16.9 Å². The lowest BCUT2D eigenvalue weighted by Crippen LogP contribution is -2.21. The third kappa shape index (κ3) is 4.23. The molecule has 0 saturated carbocycles. The first-order valence-electron chi connectivity index (χ1n) is 9.52. The van der Waals surface area contributed by atoms with E-state index in [1.807, 2.05) is 56.4 Å². The molecule has 0 fully saturated rings. The van der Waals surface area contributed by atoms with E-state index in [-0.39, 0.29) is 5.69 Å². The van der Waals surface area contributed by atoms with Gasteiger partial charge in [0.25, 0.3) is 0 Å². The molecule has 2 aromatic heterocycles. The molecule has 0 aliphatic rings. The van der Waals surface area contributed by atoms with E-state index in [1.54, 1.807) is 4.40 Å². The second-order valence-corrected chi connectivity index (χ2v) is 7.22. The highest BCUT2D eigenvalue weighted by atomic mass is 19.4.